The molecular weight excluding hydrogens is 528 g/mol. The van der Waals surface area contributed by atoms with Crippen LogP contribution in [0.15, 0.2) is 11.6 Å². The Morgan fingerprint density at radius 1 is 0.907 bits per heavy atom. The van der Waals surface area contributed by atoms with Gasteiger partial charge in [-0.25, -0.2) is 0 Å². The molecule has 1 saturated heterocycles. The molecule has 4 fully saturated rings. The Hall–Kier alpha value is -1.00. The summed E-state index contributed by atoms with van der Waals surface area (Å²) in [5.41, 5.74) is 4.31. The lowest BCUT2D eigenvalue weighted by molar-refractivity contribution is -0.0980. The minimum atomic E-state index is 0.444. The van der Waals surface area contributed by atoms with Crippen molar-refractivity contribution in [1.82, 2.24) is 5.32 Å². The first-order chi connectivity index (χ1) is 20.6. The minimum Gasteiger partial charge on any atom is -0.400 e. The second kappa shape index (κ2) is 24.3. The van der Waals surface area contributed by atoms with E-state index in [1.807, 2.05) is 67.8 Å². The predicted molar refractivity (Wildman–Crippen MR) is 194 cm³/mol. The molecule has 4 nitrogen and oxygen atoms in total. The Labute approximate surface area is 271 Å². The highest BCUT2D eigenvalue weighted by molar-refractivity contribution is 5.82. The standard InChI is InChI=1S/C21H33N.C8H17N.4C2H6.CH4O.CH2O/c1-14(22)17-9-10-18-16-8-7-15-6-4-5-12-20(15,2)19(16)11-13-21(17,18)3;1-4-7-5-8(2,3)6-9-7;6*1-2/h6,16-19,22H,4-5,7-13H2,1-3H3;7,9H,4-6H2,1-3H3;4*1-2H3;2H,1H3;1H2. The van der Waals surface area contributed by atoms with E-state index in [-0.39, 0.29) is 0 Å². The Morgan fingerprint density at radius 2 is 1.47 bits per heavy atom. The molecule has 0 spiro atoms. The quantitative estimate of drug-likeness (QED) is 0.216. The molecule has 43 heavy (non-hydrogen) atoms. The van der Waals surface area contributed by atoms with E-state index < -0.39 is 0 Å². The number of carbonyl (C=O) groups is 1. The van der Waals surface area contributed by atoms with Crippen LogP contribution in [0.1, 0.15) is 168 Å². The number of hydrogen-bond donors (Lipinski definition) is 3. The van der Waals surface area contributed by atoms with Gasteiger partial charge in [-0.3, -0.25) is 0 Å². The van der Waals surface area contributed by atoms with E-state index in [4.69, 9.17) is 15.3 Å². The van der Waals surface area contributed by atoms with Crippen molar-refractivity contribution in [3.05, 3.63) is 11.6 Å². The second-order valence-corrected chi connectivity index (χ2v) is 13.2. The van der Waals surface area contributed by atoms with Crippen LogP contribution >= 0.6 is 0 Å². The molecule has 1 aliphatic heterocycles. The van der Waals surface area contributed by atoms with Gasteiger partial charge in [0.25, 0.3) is 0 Å². The summed E-state index contributed by atoms with van der Waals surface area (Å²) in [6.07, 6.45) is 17.7. The zero-order chi connectivity index (χ0) is 34.4. The average Bonchev–Trinajstić information content (AvgIpc) is 3.61. The van der Waals surface area contributed by atoms with Gasteiger partial charge in [0.2, 0.25) is 0 Å². The highest BCUT2D eigenvalue weighted by atomic mass is 16.2. The molecule has 258 valence electrons. The molecule has 5 aliphatic rings. The van der Waals surface area contributed by atoms with Gasteiger partial charge in [0.1, 0.15) is 6.79 Å². The zero-order valence-electron chi connectivity index (χ0n) is 32.0. The van der Waals surface area contributed by atoms with Gasteiger partial charge < -0.3 is 20.6 Å². The smallest absolute Gasteiger partial charge is 0.106 e. The number of carbonyl (C=O) groups excluding carboxylic acids is 1. The van der Waals surface area contributed by atoms with Crippen LogP contribution in [0.3, 0.4) is 0 Å². The maximum absolute atomic E-state index is 8.25. The Morgan fingerprint density at radius 3 is 1.91 bits per heavy atom. The van der Waals surface area contributed by atoms with Crippen LogP contribution in [0, 0.1) is 45.3 Å². The van der Waals surface area contributed by atoms with Gasteiger partial charge >= 0.3 is 0 Å². The fourth-order valence-corrected chi connectivity index (χ4v) is 8.99. The highest BCUT2D eigenvalue weighted by Gasteiger charge is 2.58. The lowest BCUT2D eigenvalue weighted by atomic mass is 9.47. The van der Waals surface area contributed by atoms with Crippen molar-refractivity contribution in [3.8, 4) is 0 Å². The van der Waals surface area contributed by atoms with E-state index in [0.29, 0.717) is 22.2 Å². The topological polar surface area (TPSA) is 73.2 Å². The summed E-state index contributed by atoms with van der Waals surface area (Å²) in [6.45, 7) is 33.3. The SMILES string of the molecule is C=O.CC.CC.CC.CC.CC(=N)C1CCC2C3CCC4=CCCCC4(C)C3CCC12C.CCC1CC(C)(C)CN1.CO. The van der Waals surface area contributed by atoms with Gasteiger partial charge in [-0.1, -0.05) is 102 Å². The van der Waals surface area contributed by atoms with Gasteiger partial charge in [-0.05, 0) is 112 Å². The minimum absolute atomic E-state index is 0.444. The third-order valence-corrected chi connectivity index (χ3v) is 10.7. The fraction of sp³-hybridized carbons (Fsp3) is 0.897. The number of aliphatic hydroxyl groups is 1. The molecule has 3 saturated carbocycles. The molecule has 7 unspecified atom stereocenters. The molecule has 1 heterocycles. The lowest BCUT2D eigenvalue weighted by Crippen LogP contribution is -2.50. The average molecular weight is 609 g/mol. The first-order valence-electron chi connectivity index (χ1n) is 18.3. The van der Waals surface area contributed by atoms with Crippen molar-refractivity contribution in [2.45, 2.75) is 174 Å². The van der Waals surface area contributed by atoms with Crippen LogP contribution in [-0.2, 0) is 4.79 Å². The molecule has 0 aromatic rings. The highest BCUT2D eigenvalue weighted by Crippen LogP contribution is 2.66. The second-order valence-electron chi connectivity index (χ2n) is 13.2. The van der Waals surface area contributed by atoms with Crippen LogP contribution in [0.4, 0.5) is 0 Å². The number of allylic oxidation sites excluding steroid dienone is 2. The molecule has 0 aromatic heterocycles. The number of rotatable bonds is 2. The van der Waals surface area contributed by atoms with Crippen LogP contribution < -0.4 is 5.32 Å². The first kappa shape index (κ1) is 46.4. The fourth-order valence-electron chi connectivity index (χ4n) is 8.99. The summed E-state index contributed by atoms with van der Waals surface area (Å²) in [5, 5.41) is 18.7. The van der Waals surface area contributed by atoms with E-state index in [0.717, 1.165) is 36.6 Å². The van der Waals surface area contributed by atoms with Crippen LogP contribution in [-0.4, -0.2) is 37.3 Å². The number of aliphatic hydroxyl groups excluding tert-OH is 1. The molecule has 0 amide bonds. The maximum atomic E-state index is 8.25. The van der Waals surface area contributed by atoms with Gasteiger partial charge in [0, 0.05) is 31.3 Å². The molecule has 5 rings (SSSR count). The monoisotopic (exact) mass is 609 g/mol. The van der Waals surface area contributed by atoms with Crippen LogP contribution in [0.25, 0.3) is 0 Å². The number of hydrogen-bond acceptors (Lipinski definition) is 4. The molecule has 3 N–H and O–H groups in total. The summed E-state index contributed by atoms with van der Waals surface area (Å²) in [5.74, 6) is 3.37. The summed E-state index contributed by atoms with van der Waals surface area (Å²) in [6, 6.07) is 0.792. The Balaban J connectivity index is -0.000000641. The molecule has 0 radical (unpaired) electrons. The Bertz CT molecular complexity index is 733. The van der Waals surface area contributed by atoms with Crippen molar-refractivity contribution >= 4 is 12.5 Å². The summed E-state index contributed by atoms with van der Waals surface area (Å²) < 4.78 is 0. The van der Waals surface area contributed by atoms with Crippen molar-refractivity contribution in [2.75, 3.05) is 13.7 Å². The predicted octanol–water partition coefficient (Wildman–Crippen LogP) is 11.3. The molecule has 0 aromatic carbocycles. The van der Waals surface area contributed by atoms with E-state index in [9.17, 15) is 0 Å². The van der Waals surface area contributed by atoms with E-state index in [1.54, 1.807) is 0 Å². The molecule has 7 atom stereocenters. The number of nitrogens with one attached hydrogen (secondary N) is 2. The Kier molecular flexibility index (Phi) is 26.2. The lowest BCUT2D eigenvalue weighted by Gasteiger charge is -2.58. The van der Waals surface area contributed by atoms with E-state index in [1.165, 1.54) is 77.2 Å². The van der Waals surface area contributed by atoms with Crippen molar-refractivity contribution < 1.29 is 9.90 Å². The summed E-state index contributed by atoms with van der Waals surface area (Å²) in [4.78, 5) is 8.00. The van der Waals surface area contributed by atoms with Gasteiger partial charge in [-0.2, -0.15) is 0 Å². The largest absolute Gasteiger partial charge is 0.400 e. The maximum Gasteiger partial charge on any atom is 0.106 e. The van der Waals surface area contributed by atoms with E-state index >= 15 is 0 Å². The van der Waals surface area contributed by atoms with Crippen LogP contribution in [0.5, 0.6) is 0 Å². The van der Waals surface area contributed by atoms with Crippen molar-refractivity contribution in [2.24, 2.45) is 39.9 Å². The van der Waals surface area contributed by atoms with Gasteiger partial charge in [-0.15, -0.1) is 0 Å². The number of fused-ring (bicyclic) bond motifs is 5. The molecule has 4 heteroatoms. The van der Waals surface area contributed by atoms with Crippen molar-refractivity contribution in [1.29, 1.82) is 5.41 Å². The first-order valence-corrected chi connectivity index (χ1v) is 18.3. The van der Waals surface area contributed by atoms with E-state index in [2.05, 4.69) is 52.9 Å². The molecular formula is C39H80N2O2. The van der Waals surface area contributed by atoms with Gasteiger partial charge in [0.15, 0.2) is 0 Å². The summed E-state index contributed by atoms with van der Waals surface area (Å²) in [7, 11) is 1.00. The zero-order valence-corrected chi connectivity index (χ0v) is 32.0. The normalized spacial score (nSPS) is 33.6. The third-order valence-electron chi connectivity index (χ3n) is 10.7. The molecule has 4 aliphatic carbocycles. The molecule has 0 bridgehead atoms. The van der Waals surface area contributed by atoms with Gasteiger partial charge in [0.05, 0.1) is 0 Å². The van der Waals surface area contributed by atoms with Crippen LogP contribution in [0.2, 0.25) is 0 Å². The van der Waals surface area contributed by atoms with Crippen molar-refractivity contribution in [3.63, 3.8) is 0 Å². The summed E-state index contributed by atoms with van der Waals surface area (Å²) >= 11 is 0. The third kappa shape index (κ3) is 12.0.